The number of nitrogens with one attached hydrogen (secondary N) is 1. The van der Waals surface area contributed by atoms with E-state index in [2.05, 4.69) is 9.50 Å². The summed E-state index contributed by atoms with van der Waals surface area (Å²) in [5.74, 6) is -1.71. The molecule has 1 aromatic rings. The Labute approximate surface area is 116 Å². The quantitative estimate of drug-likeness (QED) is 0.560. The lowest BCUT2D eigenvalue weighted by atomic mass is 10.1. The number of benzene rings is 1. The van der Waals surface area contributed by atoms with E-state index in [1.54, 1.807) is 6.07 Å². The lowest BCUT2D eigenvalue weighted by molar-refractivity contribution is 0.0691. The molecular weight excluding hydrogens is 286 g/mol. The van der Waals surface area contributed by atoms with E-state index in [0.29, 0.717) is 6.42 Å². The van der Waals surface area contributed by atoms with Crippen molar-refractivity contribution < 1.29 is 27.3 Å². The Morgan fingerprint density at radius 3 is 2.40 bits per heavy atom. The molecule has 0 aliphatic rings. The van der Waals surface area contributed by atoms with Crippen molar-refractivity contribution in [1.82, 2.24) is 5.32 Å². The van der Waals surface area contributed by atoms with E-state index in [9.17, 15) is 18.0 Å². The number of hydrogen-bond acceptors (Lipinski definition) is 5. The van der Waals surface area contributed by atoms with E-state index in [0.717, 1.165) is 6.26 Å². The van der Waals surface area contributed by atoms with Gasteiger partial charge in [0.1, 0.15) is 0 Å². The topological polar surface area (TPSA) is 110 Å². The zero-order valence-corrected chi connectivity index (χ0v) is 11.6. The minimum atomic E-state index is -3.49. The van der Waals surface area contributed by atoms with Crippen LogP contribution in [-0.4, -0.2) is 44.8 Å². The van der Waals surface area contributed by atoms with Crippen LogP contribution >= 0.6 is 0 Å². The molecule has 8 heteroatoms. The molecule has 0 bridgehead atoms. The van der Waals surface area contributed by atoms with Gasteiger partial charge in [0.15, 0.2) is 0 Å². The highest BCUT2D eigenvalue weighted by Gasteiger charge is 2.15. The molecule has 1 aromatic carbocycles. The Balaban J connectivity index is 2.50. The number of carboxylic acid groups (broad SMARTS) is 1. The van der Waals surface area contributed by atoms with E-state index < -0.39 is 22.0 Å². The van der Waals surface area contributed by atoms with E-state index in [1.165, 1.54) is 18.2 Å². The second-order valence-electron chi connectivity index (χ2n) is 3.99. The predicted octanol–water partition coefficient (Wildman–Crippen LogP) is 0.481. The third-order valence-electron chi connectivity index (χ3n) is 2.31. The second-order valence-corrected chi connectivity index (χ2v) is 5.63. The molecule has 0 aliphatic carbocycles. The van der Waals surface area contributed by atoms with Gasteiger partial charge < -0.3 is 10.4 Å². The summed E-state index contributed by atoms with van der Waals surface area (Å²) in [7, 11) is -3.49. The van der Waals surface area contributed by atoms with Gasteiger partial charge in [0.05, 0.1) is 24.0 Å². The monoisotopic (exact) mass is 301 g/mol. The third kappa shape index (κ3) is 5.37. The number of carboxylic acids is 1. The summed E-state index contributed by atoms with van der Waals surface area (Å²) in [6, 6.07) is 5.84. The molecule has 0 atom stereocenters. The zero-order valence-electron chi connectivity index (χ0n) is 10.8. The van der Waals surface area contributed by atoms with Crippen LogP contribution < -0.4 is 5.32 Å². The fourth-order valence-electron chi connectivity index (χ4n) is 1.45. The Hall–Kier alpha value is -1.93. The first-order chi connectivity index (χ1) is 9.31. The van der Waals surface area contributed by atoms with Crippen molar-refractivity contribution in [2.45, 2.75) is 6.42 Å². The van der Waals surface area contributed by atoms with Gasteiger partial charge in [0.2, 0.25) is 0 Å². The van der Waals surface area contributed by atoms with Crippen molar-refractivity contribution >= 4 is 22.0 Å². The summed E-state index contributed by atoms with van der Waals surface area (Å²) in [6.07, 6.45) is 1.24. The SMILES string of the molecule is CS(=O)(=O)OCCCNC(=O)c1ccccc1C(=O)O. The first-order valence-electron chi connectivity index (χ1n) is 5.76. The average molecular weight is 301 g/mol. The molecular formula is C12H15NO6S. The predicted molar refractivity (Wildman–Crippen MR) is 71.1 cm³/mol. The van der Waals surface area contributed by atoms with Gasteiger partial charge in [-0.2, -0.15) is 8.42 Å². The molecule has 0 saturated carbocycles. The summed E-state index contributed by atoms with van der Waals surface area (Å²) in [5, 5.41) is 11.5. The third-order valence-corrected chi connectivity index (χ3v) is 2.90. The largest absolute Gasteiger partial charge is 0.478 e. The highest BCUT2D eigenvalue weighted by Crippen LogP contribution is 2.08. The fourth-order valence-corrected chi connectivity index (χ4v) is 1.87. The minimum absolute atomic E-state index is 0.0420. The molecule has 0 heterocycles. The lowest BCUT2D eigenvalue weighted by Gasteiger charge is -2.07. The minimum Gasteiger partial charge on any atom is -0.478 e. The van der Waals surface area contributed by atoms with E-state index >= 15 is 0 Å². The second kappa shape index (κ2) is 7.01. The van der Waals surface area contributed by atoms with E-state index in [1.807, 2.05) is 0 Å². The van der Waals surface area contributed by atoms with Gasteiger partial charge >= 0.3 is 5.97 Å². The van der Waals surface area contributed by atoms with Crippen LogP contribution in [0.5, 0.6) is 0 Å². The van der Waals surface area contributed by atoms with Crippen molar-refractivity contribution in [2.75, 3.05) is 19.4 Å². The zero-order chi connectivity index (χ0) is 15.2. The number of hydrogen-bond donors (Lipinski definition) is 2. The molecule has 0 saturated heterocycles. The molecule has 0 unspecified atom stereocenters. The number of rotatable bonds is 7. The molecule has 110 valence electrons. The maximum Gasteiger partial charge on any atom is 0.336 e. The summed E-state index contributed by atoms with van der Waals surface area (Å²) in [6.45, 7) is 0.141. The molecule has 0 aliphatic heterocycles. The summed E-state index contributed by atoms with van der Waals surface area (Å²) >= 11 is 0. The number of aromatic carboxylic acids is 1. The smallest absolute Gasteiger partial charge is 0.336 e. The van der Waals surface area contributed by atoms with E-state index in [4.69, 9.17) is 5.11 Å². The molecule has 1 rings (SSSR count). The van der Waals surface area contributed by atoms with Crippen LogP contribution in [0.4, 0.5) is 0 Å². The van der Waals surface area contributed by atoms with Crippen molar-refractivity contribution in [3.05, 3.63) is 35.4 Å². The number of carbonyl (C=O) groups is 2. The molecule has 7 nitrogen and oxygen atoms in total. The van der Waals surface area contributed by atoms with Crippen molar-refractivity contribution in [3.63, 3.8) is 0 Å². The van der Waals surface area contributed by atoms with Gasteiger partial charge in [-0.25, -0.2) is 4.79 Å². The maximum absolute atomic E-state index is 11.8. The molecule has 0 fully saturated rings. The van der Waals surface area contributed by atoms with Crippen molar-refractivity contribution in [1.29, 1.82) is 0 Å². The van der Waals surface area contributed by atoms with Crippen LogP contribution in [0.3, 0.4) is 0 Å². The van der Waals surface area contributed by atoms with Gasteiger partial charge in [-0.05, 0) is 18.6 Å². The molecule has 0 radical (unpaired) electrons. The van der Waals surface area contributed by atoms with Gasteiger partial charge in [-0.15, -0.1) is 0 Å². The Morgan fingerprint density at radius 1 is 1.25 bits per heavy atom. The van der Waals surface area contributed by atoms with Crippen molar-refractivity contribution in [2.24, 2.45) is 0 Å². The number of carbonyl (C=O) groups excluding carboxylic acids is 1. The maximum atomic E-state index is 11.8. The van der Waals surface area contributed by atoms with Crippen LogP contribution in [0.25, 0.3) is 0 Å². The highest BCUT2D eigenvalue weighted by molar-refractivity contribution is 7.85. The number of amides is 1. The van der Waals surface area contributed by atoms with Crippen LogP contribution in [0.1, 0.15) is 27.1 Å². The normalized spacial score (nSPS) is 11.1. The Bertz CT molecular complexity index is 596. The first-order valence-corrected chi connectivity index (χ1v) is 7.58. The van der Waals surface area contributed by atoms with Gasteiger partial charge in [0.25, 0.3) is 16.0 Å². The summed E-state index contributed by atoms with van der Waals surface area (Å²) < 4.78 is 25.9. The standard InChI is InChI=1S/C12H15NO6S/c1-20(17,18)19-8-4-7-13-11(14)9-5-2-3-6-10(9)12(15)16/h2-3,5-6H,4,7-8H2,1H3,(H,13,14)(H,15,16). The summed E-state index contributed by atoms with van der Waals surface area (Å²) in [5.41, 5.74) is -0.0265. The van der Waals surface area contributed by atoms with Gasteiger partial charge in [-0.1, -0.05) is 12.1 Å². The van der Waals surface area contributed by atoms with Crippen LogP contribution in [0, 0.1) is 0 Å². The molecule has 1 amide bonds. The highest BCUT2D eigenvalue weighted by atomic mass is 32.2. The lowest BCUT2D eigenvalue weighted by Crippen LogP contribution is -2.27. The first kappa shape index (κ1) is 16.1. The molecule has 0 spiro atoms. The van der Waals surface area contributed by atoms with E-state index in [-0.39, 0.29) is 24.3 Å². The Morgan fingerprint density at radius 2 is 1.85 bits per heavy atom. The van der Waals surface area contributed by atoms with Crippen LogP contribution in [0.15, 0.2) is 24.3 Å². The average Bonchev–Trinajstić information content (AvgIpc) is 2.36. The summed E-state index contributed by atoms with van der Waals surface area (Å²) in [4.78, 5) is 22.7. The Kier molecular flexibility index (Phi) is 5.66. The molecule has 0 aromatic heterocycles. The van der Waals surface area contributed by atoms with Crippen molar-refractivity contribution in [3.8, 4) is 0 Å². The van der Waals surface area contributed by atoms with Gasteiger partial charge in [-0.3, -0.25) is 8.98 Å². The fraction of sp³-hybridized carbons (Fsp3) is 0.333. The molecule has 2 N–H and O–H groups in total. The van der Waals surface area contributed by atoms with Gasteiger partial charge in [0, 0.05) is 6.54 Å². The van der Waals surface area contributed by atoms with Crippen LogP contribution in [-0.2, 0) is 14.3 Å². The molecule has 20 heavy (non-hydrogen) atoms. The van der Waals surface area contributed by atoms with Crippen LogP contribution in [0.2, 0.25) is 0 Å².